The Morgan fingerprint density at radius 2 is 1.13 bits per heavy atom. The fourth-order valence-corrected chi connectivity index (χ4v) is 4.94. The van der Waals surface area contributed by atoms with Gasteiger partial charge in [0, 0.05) is 0 Å². The summed E-state index contributed by atoms with van der Waals surface area (Å²) in [6.45, 7) is 6.60. The number of unbranched alkanes of at least 4 members (excludes halogenated alkanes) is 14. The Morgan fingerprint density at radius 3 is 1.63 bits per heavy atom. The van der Waals surface area contributed by atoms with Crippen molar-refractivity contribution in [3.63, 3.8) is 0 Å². The molecule has 224 valence electrons. The van der Waals surface area contributed by atoms with Gasteiger partial charge in [-0.1, -0.05) is 115 Å². The van der Waals surface area contributed by atoms with Gasteiger partial charge < -0.3 is 14.4 Å². The van der Waals surface area contributed by atoms with Crippen LogP contribution in [0.15, 0.2) is 24.3 Å². The van der Waals surface area contributed by atoms with Crippen LogP contribution < -0.4 is 5.32 Å². The molecule has 0 saturated carbocycles. The number of allylic oxidation sites excluding steroid dienone is 4. The van der Waals surface area contributed by atoms with Gasteiger partial charge in [-0.3, -0.25) is 5.32 Å². The van der Waals surface area contributed by atoms with Crippen molar-refractivity contribution in [2.24, 2.45) is 0 Å². The molecular weight excluding hydrogens is 468 g/mol. The van der Waals surface area contributed by atoms with Gasteiger partial charge >= 0.3 is 0 Å². The quantitative estimate of drug-likeness (QED) is 0.0589. The second kappa shape index (κ2) is 26.5. The number of epoxide rings is 1. The van der Waals surface area contributed by atoms with Crippen LogP contribution in [0.1, 0.15) is 149 Å². The van der Waals surface area contributed by atoms with Crippen molar-refractivity contribution in [3.8, 4) is 0 Å². The lowest BCUT2D eigenvalue weighted by molar-refractivity contribution is -0.0215. The number of hydrogen-bond acceptors (Lipinski definition) is 4. The molecule has 0 aliphatic carbocycles. The zero-order valence-electron chi connectivity index (χ0n) is 26.1. The first-order chi connectivity index (χ1) is 18.7. The van der Waals surface area contributed by atoms with Crippen LogP contribution in [0.25, 0.3) is 0 Å². The van der Waals surface area contributed by atoms with E-state index in [9.17, 15) is 0 Å². The fraction of sp³-hybridized carbons (Fsp3) is 0.882. The Hall–Kier alpha value is -0.680. The fourth-order valence-electron chi connectivity index (χ4n) is 4.94. The highest BCUT2D eigenvalue weighted by atomic mass is 16.8. The van der Waals surface area contributed by atoms with E-state index in [0.29, 0.717) is 6.10 Å². The molecule has 0 amide bonds. The zero-order valence-corrected chi connectivity index (χ0v) is 26.1. The molecule has 0 spiro atoms. The van der Waals surface area contributed by atoms with Crippen molar-refractivity contribution < 1.29 is 9.47 Å². The van der Waals surface area contributed by atoms with Crippen molar-refractivity contribution in [2.75, 3.05) is 27.2 Å². The lowest BCUT2D eigenvalue weighted by atomic mass is 10.0. The average Bonchev–Trinajstić information content (AvgIpc) is 3.65. The van der Waals surface area contributed by atoms with Gasteiger partial charge in [0.05, 0.1) is 6.10 Å². The van der Waals surface area contributed by atoms with Crippen molar-refractivity contribution >= 4 is 0 Å². The molecule has 1 aliphatic rings. The Balaban J connectivity index is 2.16. The molecule has 38 heavy (non-hydrogen) atoms. The van der Waals surface area contributed by atoms with Gasteiger partial charge in [0.15, 0.2) is 12.5 Å². The summed E-state index contributed by atoms with van der Waals surface area (Å²) < 4.78 is 12.2. The summed E-state index contributed by atoms with van der Waals surface area (Å²) in [4.78, 5) is 2.23. The molecular formula is C34H66N2O2. The van der Waals surface area contributed by atoms with Gasteiger partial charge in [0.2, 0.25) is 0 Å². The average molecular weight is 535 g/mol. The van der Waals surface area contributed by atoms with Gasteiger partial charge in [-0.05, 0) is 85.0 Å². The van der Waals surface area contributed by atoms with Crippen LogP contribution in [0, 0.1) is 0 Å². The van der Waals surface area contributed by atoms with Crippen LogP contribution in [0.4, 0.5) is 0 Å². The van der Waals surface area contributed by atoms with Gasteiger partial charge in [0.25, 0.3) is 0 Å². The first-order valence-corrected chi connectivity index (χ1v) is 16.7. The van der Waals surface area contributed by atoms with Crippen LogP contribution >= 0.6 is 0 Å². The van der Waals surface area contributed by atoms with Gasteiger partial charge in [-0.2, -0.15) is 0 Å². The van der Waals surface area contributed by atoms with E-state index in [1.165, 1.54) is 128 Å². The lowest BCUT2D eigenvalue weighted by Gasteiger charge is -2.17. The minimum atomic E-state index is -0.0270. The van der Waals surface area contributed by atoms with Crippen molar-refractivity contribution in [3.05, 3.63) is 24.3 Å². The van der Waals surface area contributed by atoms with Crippen molar-refractivity contribution in [1.29, 1.82) is 0 Å². The highest BCUT2D eigenvalue weighted by Gasteiger charge is 2.41. The Labute approximate surface area is 238 Å². The third-order valence-corrected chi connectivity index (χ3v) is 7.44. The maximum absolute atomic E-state index is 6.43. The Morgan fingerprint density at radius 1 is 0.658 bits per heavy atom. The van der Waals surface area contributed by atoms with Crippen molar-refractivity contribution in [2.45, 2.75) is 167 Å². The SMILES string of the molecule is CCC/C=C\CCCCCCCCC(CCCCCCCC/C=C\CCC)OC1OC1NCCCN(C)C. The summed E-state index contributed by atoms with van der Waals surface area (Å²) in [7, 11) is 4.25. The standard InChI is InChI=1S/C34H66N2O2/c1-5-7-9-11-13-15-17-19-21-23-25-28-32(37-34-33(38-34)35-30-27-31-36(3)4)29-26-24-22-20-18-16-14-12-10-8-6-2/h9-12,32-35H,5-8,13-31H2,1-4H3/b11-9-,12-10-. The van der Waals surface area contributed by atoms with E-state index in [0.717, 1.165) is 19.5 Å². The molecule has 1 rings (SSSR count). The maximum atomic E-state index is 6.43. The smallest absolute Gasteiger partial charge is 0.199 e. The molecule has 2 unspecified atom stereocenters. The topological polar surface area (TPSA) is 37.0 Å². The summed E-state index contributed by atoms with van der Waals surface area (Å²) in [5.74, 6) is 0. The van der Waals surface area contributed by atoms with E-state index >= 15 is 0 Å². The maximum Gasteiger partial charge on any atom is 0.199 e. The van der Waals surface area contributed by atoms with Crippen LogP contribution in [-0.2, 0) is 9.47 Å². The van der Waals surface area contributed by atoms with Crippen LogP contribution in [0.3, 0.4) is 0 Å². The Bertz CT molecular complexity index is 517. The molecule has 1 heterocycles. The number of hydrogen-bond donors (Lipinski definition) is 1. The summed E-state index contributed by atoms with van der Waals surface area (Å²) in [6, 6.07) is 0. The van der Waals surface area contributed by atoms with Crippen LogP contribution in [0.2, 0.25) is 0 Å². The third kappa shape index (κ3) is 23.2. The van der Waals surface area contributed by atoms with E-state index in [1.807, 2.05) is 0 Å². The molecule has 0 aromatic heterocycles. The van der Waals surface area contributed by atoms with E-state index in [-0.39, 0.29) is 12.5 Å². The predicted octanol–water partition coefficient (Wildman–Crippen LogP) is 9.55. The second-order valence-corrected chi connectivity index (χ2v) is 11.7. The third-order valence-electron chi connectivity index (χ3n) is 7.44. The zero-order chi connectivity index (χ0) is 27.5. The molecule has 1 N–H and O–H groups in total. The van der Waals surface area contributed by atoms with E-state index in [4.69, 9.17) is 9.47 Å². The number of ether oxygens (including phenoxy) is 2. The number of rotatable bonds is 29. The molecule has 0 radical (unpaired) electrons. The summed E-state index contributed by atoms with van der Waals surface area (Å²) in [5, 5.41) is 3.51. The van der Waals surface area contributed by atoms with E-state index in [1.54, 1.807) is 0 Å². The Kier molecular flexibility index (Phi) is 24.7. The lowest BCUT2D eigenvalue weighted by Crippen LogP contribution is -2.26. The van der Waals surface area contributed by atoms with E-state index < -0.39 is 0 Å². The normalized spacial score (nSPS) is 17.6. The van der Waals surface area contributed by atoms with Gasteiger partial charge in [0.1, 0.15) is 0 Å². The molecule has 0 aromatic carbocycles. The largest absolute Gasteiger partial charge is 0.345 e. The molecule has 2 atom stereocenters. The van der Waals surface area contributed by atoms with Crippen molar-refractivity contribution in [1.82, 2.24) is 10.2 Å². The summed E-state index contributed by atoms with van der Waals surface area (Å²) >= 11 is 0. The number of nitrogens with one attached hydrogen (secondary N) is 1. The van der Waals surface area contributed by atoms with E-state index in [2.05, 4.69) is 62.5 Å². The first kappa shape index (κ1) is 35.3. The highest BCUT2D eigenvalue weighted by molar-refractivity contribution is 4.81. The molecule has 4 nitrogen and oxygen atoms in total. The minimum Gasteiger partial charge on any atom is -0.345 e. The predicted molar refractivity (Wildman–Crippen MR) is 167 cm³/mol. The van der Waals surface area contributed by atoms with Gasteiger partial charge in [-0.25, -0.2) is 0 Å². The monoisotopic (exact) mass is 535 g/mol. The molecule has 4 heteroatoms. The highest BCUT2D eigenvalue weighted by Crippen LogP contribution is 2.26. The molecule has 1 fully saturated rings. The summed E-state index contributed by atoms with van der Waals surface area (Å²) in [6.07, 6.45) is 37.2. The van der Waals surface area contributed by atoms with Crippen LogP contribution in [-0.4, -0.2) is 50.7 Å². The number of nitrogens with zero attached hydrogens (tertiary/aromatic N) is 1. The van der Waals surface area contributed by atoms with Crippen LogP contribution in [0.5, 0.6) is 0 Å². The molecule has 1 aliphatic heterocycles. The summed E-state index contributed by atoms with van der Waals surface area (Å²) in [5.41, 5.74) is 0. The molecule has 0 bridgehead atoms. The van der Waals surface area contributed by atoms with Gasteiger partial charge in [-0.15, -0.1) is 0 Å². The molecule has 1 saturated heterocycles. The molecule has 0 aromatic rings. The minimum absolute atomic E-state index is 0.0270. The first-order valence-electron chi connectivity index (χ1n) is 16.7. The second-order valence-electron chi connectivity index (χ2n) is 11.7.